The fraction of sp³-hybridized carbons (Fsp3) is 0.538. The summed E-state index contributed by atoms with van der Waals surface area (Å²) in [7, 11) is 0. The molecule has 3 nitrogen and oxygen atoms in total. The first kappa shape index (κ1) is 12.6. The highest BCUT2D eigenvalue weighted by Crippen LogP contribution is 2.18. The third kappa shape index (κ3) is 3.83. The fourth-order valence-corrected chi connectivity index (χ4v) is 2.74. The van der Waals surface area contributed by atoms with Crippen LogP contribution in [0.5, 0.6) is 0 Å². The molecule has 4 heteroatoms. The van der Waals surface area contributed by atoms with Gasteiger partial charge in [0.25, 0.3) is 0 Å². The molecule has 0 amide bonds. The Morgan fingerprint density at radius 2 is 2.35 bits per heavy atom. The maximum atomic E-state index is 8.72. The molecular formula is C13H17NO2S. The zero-order chi connectivity index (χ0) is 11.9. The highest BCUT2D eigenvalue weighted by Gasteiger charge is 2.12. The molecule has 2 rings (SSSR count). The Balaban J connectivity index is 1.99. The van der Waals surface area contributed by atoms with Gasteiger partial charge in [-0.2, -0.15) is 0 Å². The summed E-state index contributed by atoms with van der Waals surface area (Å²) in [4.78, 5) is 3.69. The molecule has 17 heavy (non-hydrogen) atoms. The van der Waals surface area contributed by atoms with E-state index in [1.807, 2.05) is 6.07 Å². The second-order valence-electron chi connectivity index (χ2n) is 3.96. The maximum absolute atomic E-state index is 8.72. The minimum absolute atomic E-state index is 0.0765. The first-order chi connectivity index (χ1) is 8.40. The molecule has 0 bridgehead atoms. The van der Waals surface area contributed by atoms with E-state index in [0.29, 0.717) is 0 Å². The van der Waals surface area contributed by atoms with Crippen molar-refractivity contribution in [3.05, 3.63) is 21.9 Å². The molecule has 1 aromatic rings. The van der Waals surface area contributed by atoms with E-state index in [2.05, 4.69) is 22.1 Å². The van der Waals surface area contributed by atoms with E-state index in [0.717, 1.165) is 44.8 Å². The third-order valence-electron chi connectivity index (χ3n) is 2.73. The summed E-state index contributed by atoms with van der Waals surface area (Å²) in [5.41, 5.74) is 1.05. The zero-order valence-electron chi connectivity index (χ0n) is 9.82. The van der Waals surface area contributed by atoms with Crippen LogP contribution in [0.1, 0.15) is 16.9 Å². The van der Waals surface area contributed by atoms with Gasteiger partial charge in [0.15, 0.2) is 0 Å². The summed E-state index contributed by atoms with van der Waals surface area (Å²) < 4.78 is 5.44. The van der Waals surface area contributed by atoms with Crippen molar-refractivity contribution >= 4 is 11.3 Å². The Kier molecular flexibility index (Phi) is 5.02. The second kappa shape index (κ2) is 6.77. The molecule has 1 aliphatic heterocycles. The molecule has 1 aliphatic rings. The molecule has 0 spiro atoms. The lowest BCUT2D eigenvalue weighted by molar-refractivity contribution is 0.140. The highest BCUT2D eigenvalue weighted by molar-refractivity contribution is 7.10. The quantitative estimate of drug-likeness (QED) is 0.805. The van der Waals surface area contributed by atoms with Crippen LogP contribution in [0.3, 0.4) is 0 Å². The van der Waals surface area contributed by atoms with Gasteiger partial charge in [-0.05, 0) is 17.9 Å². The van der Waals surface area contributed by atoms with E-state index in [4.69, 9.17) is 9.84 Å². The Hall–Kier alpha value is -0.860. The standard InChI is InChI=1S/C13H17NO2S/c15-7-1-3-12-4-10-17-13(12)11-14-5-2-8-16-9-6-14/h4,10,15H,2,5-9,11H2. The molecule has 1 N–H and O–H groups in total. The van der Waals surface area contributed by atoms with E-state index < -0.39 is 0 Å². The number of ether oxygens (including phenoxy) is 1. The van der Waals surface area contributed by atoms with Crippen molar-refractivity contribution in [1.82, 2.24) is 4.90 Å². The normalized spacial score (nSPS) is 17.2. The van der Waals surface area contributed by atoms with Crippen molar-refractivity contribution in [1.29, 1.82) is 0 Å². The van der Waals surface area contributed by atoms with Crippen molar-refractivity contribution in [3.63, 3.8) is 0 Å². The Labute approximate surface area is 106 Å². The lowest BCUT2D eigenvalue weighted by Crippen LogP contribution is -2.25. The van der Waals surface area contributed by atoms with Crippen LogP contribution in [0, 0.1) is 11.8 Å². The van der Waals surface area contributed by atoms with Crippen LogP contribution in [0.25, 0.3) is 0 Å². The average Bonchev–Trinajstić information content (AvgIpc) is 2.61. The summed E-state index contributed by atoms with van der Waals surface area (Å²) in [6, 6.07) is 2.02. The minimum Gasteiger partial charge on any atom is -0.384 e. The highest BCUT2D eigenvalue weighted by atomic mass is 32.1. The van der Waals surface area contributed by atoms with Gasteiger partial charge >= 0.3 is 0 Å². The van der Waals surface area contributed by atoms with Crippen LogP contribution in [0.15, 0.2) is 11.4 Å². The molecule has 1 aromatic heterocycles. The van der Waals surface area contributed by atoms with Crippen molar-refractivity contribution in [2.45, 2.75) is 13.0 Å². The monoisotopic (exact) mass is 251 g/mol. The van der Waals surface area contributed by atoms with Crippen molar-refractivity contribution < 1.29 is 9.84 Å². The van der Waals surface area contributed by atoms with Crippen LogP contribution in [0.4, 0.5) is 0 Å². The molecule has 92 valence electrons. The van der Waals surface area contributed by atoms with Crippen molar-refractivity contribution in [3.8, 4) is 11.8 Å². The van der Waals surface area contributed by atoms with Gasteiger partial charge in [-0.1, -0.05) is 11.8 Å². The van der Waals surface area contributed by atoms with Crippen molar-refractivity contribution in [2.75, 3.05) is 32.9 Å². The first-order valence-electron chi connectivity index (χ1n) is 5.86. The van der Waals surface area contributed by atoms with E-state index in [1.54, 1.807) is 11.3 Å². The molecule has 0 unspecified atom stereocenters. The van der Waals surface area contributed by atoms with Gasteiger partial charge in [0.1, 0.15) is 6.61 Å². The van der Waals surface area contributed by atoms with Crippen LogP contribution in [-0.4, -0.2) is 42.9 Å². The summed E-state index contributed by atoms with van der Waals surface area (Å²) in [6.45, 7) is 4.64. The van der Waals surface area contributed by atoms with Crippen LogP contribution >= 0.6 is 11.3 Å². The third-order valence-corrected chi connectivity index (χ3v) is 3.64. The van der Waals surface area contributed by atoms with E-state index in [-0.39, 0.29) is 6.61 Å². The van der Waals surface area contributed by atoms with Gasteiger partial charge in [-0.3, -0.25) is 4.90 Å². The van der Waals surface area contributed by atoms with E-state index in [1.165, 1.54) is 4.88 Å². The number of hydrogen-bond donors (Lipinski definition) is 1. The number of aliphatic hydroxyl groups is 1. The van der Waals surface area contributed by atoms with Gasteiger partial charge in [0.05, 0.1) is 6.61 Å². The number of rotatable bonds is 2. The van der Waals surface area contributed by atoms with Gasteiger partial charge in [-0.25, -0.2) is 0 Å². The number of nitrogens with zero attached hydrogens (tertiary/aromatic N) is 1. The molecule has 0 atom stereocenters. The molecular weight excluding hydrogens is 234 g/mol. The zero-order valence-corrected chi connectivity index (χ0v) is 10.6. The Morgan fingerprint density at radius 1 is 1.41 bits per heavy atom. The summed E-state index contributed by atoms with van der Waals surface area (Å²) >= 11 is 1.73. The molecule has 2 heterocycles. The van der Waals surface area contributed by atoms with E-state index in [9.17, 15) is 0 Å². The Morgan fingerprint density at radius 3 is 3.24 bits per heavy atom. The molecule has 0 aromatic carbocycles. The predicted octanol–water partition coefficient (Wildman–Crippen LogP) is 1.31. The largest absolute Gasteiger partial charge is 0.384 e. The van der Waals surface area contributed by atoms with Crippen LogP contribution in [-0.2, 0) is 11.3 Å². The first-order valence-corrected chi connectivity index (χ1v) is 6.74. The summed E-state index contributed by atoms with van der Waals surface area (Å²) in [5, 5.41) is 10.8. The van der Waals surface area contributed by atoms with E-state index >= 15 is 0 Å². The molecule has 0 saturated carbocycles. The minimum atomic E-state index is -0.0765. The van der Waals surface area contributed by atoms with Gasteiger partial charge in [-0.15, -0.1) is 11.3 Å². The summed E-state index contributed by atoms with van der Waals surface area (Å²) in [6.07, 6.45) is 1.10. The molecule has 1 fully saturated rings. The lowest BCUT2D eigenvalue weighted by atomic mass is 10.2. The van der Waals surface area contributed by atoms with Gasteiger partial charge in [0, 0.05) is 36.7 Å². The summed E-state index contributed by atoms with van der Waals surface area (Å²) in [5.74, 6) is 5.71. The topological polar surface area (TPSA) is 32.7 Å². The van der Waals surface area contributed by atoms with Gasteiger partial charge in [0.2, 0.25) is 0 Å². The predicted molar refractivity (Wildman–Crippen MR) is 69.0 cm³/mol. The number of aliphatic hydroxyl groups excluding tert-OH is 1. The molecule has 0 aliphatic carbocycles. The van der Waals surface area contributed by atoms with Crippen LogP contribution < -0.4 is 0 Å². The average molecular weight is 251 g/mol. The van der Waals surface area contributed by atoms with Gasteiger partial charge < -0.3 is 9.84 Å². The SMILES string of the molecule is OCC#Cc1ccsc1CN1CCCOCC1. The maximum Gasteiger partial charge on any atom is 0.104 e. The fourth-order valence-electron chi connectivity index (χ4n) is 1.87. The number of hydrogen-bond acceptors (Lipinski definition) is 4. The number of thiophene rings is 1. The molecule has 0 radical (unpaired) electrons. The smallest absolute Gasteiger partial charge is 0.104 e. The second-order valence-corrected chi connectivity index (χ2v) is 4.96. The Bertz CT molecular complexity index is 397. The lowest BCUT2D eigenvalue weighted by Gasteiger charge is -2.18. The van der Waals surface area contributed by atoms with Crippen LogP contribution in [0.2, 0.25) is 0 Å². The molecule has 1 saturated heterocycles. The van der Waals surface area contributed by atoms with Crippen molar-refractivity contribution in [2.24, 2.45) is 0 Å².